The third-order valence-corrected chi connectivity index (χ3v) is 4.25. The van der Waals surface area contributed by atoms with E-state index in [1.807, 2.05) is 66.1 Å². The third-order valence-electron chi connectivity index (χ3n) is 4.25. The van der Waals surface area contributed by atoms with Crippen LogP contribution in [0.2, 0.25) is 0 Å². The number of nitrogens with zero attached hydrogens (tertiary/aromatic N) is 3. The highest BCUT2D eigenvalue weighted by Gasteiger charge is 2.13. The van der Waals surface area contributed by atoms with E-state index in [4.69, 9.17) is 9.47 Å². The maximum absolute atomic E-state index is 5.52. The van der Waals surface area contributed by atoms with E-state index >= 15 is 0 Å². The second-order valence-corrected chi connectivity index (χ2v) is 5.83. The van der Waals surface area contributed by atoms with E-state index in [9.17, 15) is 0 Å². The van der Waals surface area contributed by atoms with Gasteiger partial charge in [0.25, 0.3) is 0 Å². The van der Waals surface area contributed by atoms with Crippen LogP contribution in [0.1, 0.15) is 6.92 Å². The van der Waals surface area contributed by atoms with E-state index in [-0.39, 0.29) is 0 Å². The predicted molar refractivity (Wildman–Crippen MR) is 102 cm³/mol. The molecule has 4 aromatic rings. The van der Waals surface area contributed by atoms with Crippen molar-refractivity contribution >= 4 is 5.65 Å². The maximum atomic E-state index is 5.52. The lowest BCUT2D eigenvalue weighted by Crippen LogP contribution is -1.94. The number of hydrogen-bond donors (Lipinski definition) is 0. The summed E-state index contributed by atoms with van der Waals surface area (Å²) in [6.07, 6.45) is 2.05. The molecule has 0 spiro atoms. The van der Waals surface area contributed by atoms with Crippen LogP contribution in [0, 0.1) is 0 Å². The molecule has 0 fully saturated rings. The topological polar surface area (TPSA) is 48.7 Å². The Morgan fingerprint density at radius 1 is 0.885 bits per heavy atom. The van der Waals surface area contributed by atoms with Gasteiger partial charge in [-0.15, -0.1) is 10.2 Å². The van der Waals surface area contributed by atoms with Crippen molar-refractivity contribution in [3.8, 4) is 34.0 Å². The Labute approximate surface area is 151 Å². The van der Waals surface area contributed by atoms with Gasteiger partial charge in [-0.25, -0.2) is 0 Å². The van der Waals surface area contributed by atoms with Crippen molar-refractivity contribution in [1.82, 2.24) is 14.6 Å². The van der Waals surface area contributed by atoms with Crippen LogP contribution in [0.15, 0.2) is 66.9 Å². The normalized spacial score (nSPS) is 10.8. The number of rotatable bonds is 5. The number of para-hydroxylation sites is 1. The molecule has 0 saturated heterocycles. The fourth-order valence-electron chi connectivity index (χ4n) is 2.98. The Kier molecular flexibility index (Phi) is 4.27. The summed E-state index contributed by atoms with van der Waals surface area (Å²) in [5, 5.41) is 8.64. The molecule has 0 unspecified atom stereocenters. The van der Waals surface area contributed by atoms with Gasteiger partial charge in [0, 0.05) is 6.20 Å². The summed E-state index contributed by atoms with van der Waals surface area (Å²) < 4.78 is 13.0. The summed E-state index contributed by atoms with van der Waals surface area (Å²) in [5.74, 6) is 2.40. The molecule has 0 amide bonds. The van der Waals surface area contributed by atoms with Gasteiger partial charge in [-0.1, -0.05) is 24.3 Å². The van der Waals surface area contributed by atoms with Gasteiger partial charge in [0.05, 0.1) is 19.3 Å². The van der Waals surface area contributed by atoms with Gasteiger partial charge in [0.2, 0.25) is 0 Å². The van der Waals surface area contributed by atoms with Crippen molar-refractivity contribution in [2.45, 2.75) is 6.92 Å². The highest BCUT2D eigenvalue weighted by molar-refractivity contribution is 5.70. The summed E-state index contributed by atoms with van der Waals surface area (Å²) in [7, 11) is 1.66. The molecule has 26 heavy (non-hydrogen) atoms. The zero-order valence-corrected chi connectivity index (χ0v) is 14.7. The quantitative estimate of drug-likeness (QED) is 0.535. The first-order chi connectivity index (χ1) is 12.8. The minimum atomic E-state index is 0.661. The largest absolute Gasteiger partial charge is 0.496 e. The molecule has 0 atom stereocenters. The third kappa shape index (κ3) is 2.88. The first kappa shape index (κ1) is 16.1. The molecule has 0 saturated carbocycles. The van der Waals surface area contributed by atoms with Crippen LogP contribution >= 0.6 is 0 Å². The van der Waals surface area contributed by atoms with E-state index in [2.05, 4.69) is 22.3 Å². The molecule has 2 aromatic carbocycles. The molecule has 0 N–H and O–H groups in total. The molecule has 0 aliphatic rings. The number of benzene rings is 2. The standard InChI is InChI=1S/C21H19N3O2/c1-3-26-17-11-8-15(9-12-17)16-10-13-20-22-23-21(24(20)14-16)18-6-4-5-7-19(18)25-2/h4-14H,3H2,1-2H3. The Balaban J connectivity index is 1.79. The number of ether oxygens (including phenoxy) is 2. The molecule has 0 aliphatic carbocycles. The summed E-state index contributed by atoms with van der Waals surface area (Å²) in [6, 6.07) is 19.9. The molecule has 130 valence electrons. The van der Waals surface area contributed by atoms with Crippen molar-refractivity contribution < 1.29 is 9.47 Å². The smallest absolute Gasteiger partial charge is 0.172 e. The first-order valence-electron chi connectivity index (χ1n) is 8.51. The lowest BCUT2D eigenvalue weighted by Gasteiger charge is -2.08. The Morgan fingerprint density at radius 2 is 1.65 bits per heavy atom. The lowest BCUT2D eigenvalue weighted by molar-refractivity contribution is 0.340. The number of pyridine rings is 1. The second-order valence-electron chi connectivity index (χ2n) is 5.83. The summed E-state index contributed by atoms with van der Waals surface area (Å²) in [4.78, 5) is 0. The molecule has 5 heteroatoms. The molecule has 5 nitrogen and oxygen atoms in total. The van der Waals surface area contributed by atoms with E-state index < -0.39 is 0 Å². The molecule has 2 aromatic heterocycles. The Morgan fingerprint density at radius 3 is 2.42 bits per heavy atom. The molecular formula is C21H19N3O2. The van der Waals surface area contributed by atoms with Crippen LogP contribution < -0.4 is 9.47 Å². The van der Waals surface area contributed by atoms with E-state index in [0.29, 0.717) is 6.61 Å². The number of methoxy groups -OCH3 is 1. The molecule has 0 radical (unpaired) electrons. The second kappa shape index (κ2) is 6.88. The molecule has 4 rings (SSSR count). The van der Waals surface area contributed by atoms with Crippen molar-refractivity contribution in [1.29, 1.82) is 0 Å². The highest BCUT2D eigenvalue weighted by Crippen LogP contribution is 2.30. The number of hydrogen-bond acceptors (Lipinski definition) is 4. The van der Waals surface area contributed by atoms with E-state index in [1.165, 1.54) is 0 Å². The van der Waals surface area contributed by atoms with Crippen molar-refractivity contribution in [2.24, 2.45) is 0 Å². The first-order valence-corrected chi connectivity index (χ1v) is 8.51. The van der Waals surface area contributed by atoms with Crippen LogP contribution in [0.3, 0.4) is 0 Å². The van der Waals surface area contributed by atoms with Gasteiger partial charge in [0.1, 0.15) is 11.5 Å². The van der Waals surface area contributed by atoms with Gasteiger partial charge in [-0.3, -0.25) is 4.40 Å². The Hall–Kier alpha value is -3.34. The molecule has 2 heterocycles. The van der Waals surface area contributed by atoms with Gasteiger partial charge in [0.15, 0.2) is 11.5 Å². The van der Waals surface area contributed by atoms with Crippen LogP contribution in [-0.2, 0) is 0 Å². The number of aromatic nitrogens is 3. The van der Waals surface area contributed by atoms with Crippen LogP contribution in [-0.4, -0.2) is 28.3 Å². The van der Waals surface area contributed by atoms with Crippen LogP contribution in [0.25, 0.3) is 28.2 Å². The van der Waals surface area contributed by atoms with Gasteiger partial charge in [-0.2, -0.15) is 0 Å². The monoisotopic (exact) mass is 345 g/mol. The van der Waals surface area contributed by atoms with Crippen LogP contribution in [0.5, 0.6) is 11.5 Å². The fraction of sp³-hybridized carbons (Fsp3) is 0.143. The summed E-state index contributed by atoms with van der Waals surface area (Å²) in [6.45, 7) is 2.64. The van der Waals surface area contributed by atoms with E-state index in [1.54, 1.807) is 7.11 Å². The van der Waals surface area contributed by atoms with Crippen molar-refractivity contribution in [3.05, 3.63) is 66.9 Å². The minimum Gasteiger partial charge on any atom is -0.496 e. The predicted octanol–water partition coefficient (Wildman–Crippen LogP) is 4.47. The maximum Gasteiger partial charge on any atom is 0.172 e. The van der Waals surface area contributed by atoms with E-state index in [0.717, 1.165) is 39.7 Å². The fourth-order valence-corrected chi connectivity index (χ4v) is 2.98. The average Bonchev–Trinajstić information content (AvgIpc) is 3.12. The summed E-state index contributed by atoms with van der Waals surface area (Å²) >= 11 is 0. The zero-order valence-electron chi connectivity index (χ0n) is 14.7. The van der Waals surface area contributed by atoms with Gasteiger partial charge in [-0.05, 0) is 54.4 Å². The molecular weight excluding hydrogens is 326 g/mol. The SMILES string of the molecule is CCOc1ccc(-c2ccc3nnc(-c4ccccc4OC)n3c2)cc1. The van der Waals surface area contributed by atoms with Crippen molar-refractivity contribution in [3.63, 3.8) is 0 Å². The minimum absolute atomic E-state index is 0.661. The Bertz CT molecular complexity index is 1040. The molecule has 0 bridgehead atoms. The van der Waals surface area contributed by atoms with Gasteiger partial charge >= 0.3 is 0 Å². The zero-order chi connectivity index (χ0) is 17.9. The summed E-state index contributed by atoms with van der Waals surface area (Å²) in [5.41, 5.74) is 3.89. The average molecular weight is 345 g/mol. The molecule has 0 aliphatic heterocycles. The van der Waals surface area contributed by atoms with Crippen LogP contribution in [0.4, 0.5) is 0 Å². The van der Waals surface area contributed by atoms with Gasteiger partial charge < -0.3 is 9.47 Å². The number of fused-ring (bicyclic) bond motifs is 1. The lowest BCUT2D eigenvalue weighted by atomic mass is 10.1. The highest BCUT2D eigenvalue weighted by atomic mass is 16.5. The van der Waals surface area contributed by atoms with Crippen molar-refractivity contribution in [2.75, 3.05) is 13.7 Å².